The van der Waals surface area contributed by atoms with Gasteiger partial charge in [0.25, 0.3) is 0 Å². The average Bonchev–Trinajstić information content (AvgIpc) is 2.22. The molecule has 4 heteroatoms. The van der Waals surface area contributed by atoms with Crippen LogP contribution in [0.3, 0.4) is 0 Å². The quantitative estimate of drug-likeness (QED) is 0.820. The number of nitrogens with two attached hydrogens (primary N) is 1. The van der Waals surface area contributed by atoms with Crippen LogP contribution in [0.25, 0.3) is 6.08 Å². The van der Waals surface area contributed by atoms with E-state index in [1.54, 1.807) is 18.5 Å². The second kappa shape index (κ2) is 6.25. The van der Waals surface area contributed by atoms with Gasteiger partial charge in [0.15, 0.2) is 5.75 Å². The first-order valence-electron chi connectivity index (χ1n) is 5.80. The lowest BCUT2D eigenvalue weighted by Gasteiger charge is -2.08. The van der Waals surface area contributed by atoms with Crippen molar-refractivity contribution in [3.8, 4) is 5.75 Å². The Morgan fingerprint density at radius 1 is 1.41 bits per heavy atom. The minimum atomic E-state index is -0.0987. The number of H-pyrrole nitrogens is 1. The van der Waals surface area contributed by atoms with E-state index in [9.17, 15) is 4.79 Å². The fourth-order valence-electron chi connectivity index (χ4n) is 1.36. The predicted molar refractivity (Wildman–Crippen MR) is 70.1 cm³/mol. The van der Waals surface area contributed by atoms with Crippen molar-refractivity contribution in [3.63, 3.8) is 0 Å². The number of rotatable bonds is 5. The van der Waals surface area contributed by atoms with Crippen LogP contribution in [-0.2, 0) is 0 Å². The maximum absolute atomic E-state index is 12.0. The summed E-state index contributed by atoms with van der Waals surface area (Å²) in [5, 5.41) is 0. The third-order valence-electron chi connectivity index (χ3n) is 2.11. The number of hydrogen-bond donors (Lipinski definition) is 2. The Morgan fingerprint density at radius 3 is 2.71 bits per heavy atom. The van der Waals surface area contributed by atoms with Crippen LogP contribution in [0.5, 0.6) is 5.75 Å². The van der Waals surface area contributed by atoms with Gasteiger partial charge in [0.1, 0.15) is 0 Å². The molecule has 94 valence electrons. The van der Waals surface area contributed by atoms with Crippen LogP contribution in [0.1, 0.15) is 32.8 Å². The summed E-state index contributed by atoms with van der Waals surface area (Å²) < 4.78 is 5.41. The fraction of sp³-hybridized carbons (Fsp3) is 0.462. The first kappa shape index (κ1) is 13.5. The van der Waals surface area contributed by atoms with E-state index in [0.29, 0.717) is 11.3 Å². The molecule has 0 radical (unpaired) electrons. The van der Waals surface area contributed by atoms with Crippen molar-refractivity contribution < 1.29 is 4.74 Å². The van der Waals surface area contributed by atoms with E-state index in [1.165, 1.54) is 0 Å². The van der Waals surface area contributed by atoms with Crippen molar-refractivity contribution >= 4 is 6.08 Å². The number of pyridine rings is 1. The van der Waals surface area contributed by atoms with E-state index in [2.05, 4.69) is 4.98 Å². The van der Waals surface area contributed by atoms with E-state index in [4.69, 9.17) is 10.5 Å². The molecule has 4 nitrogen and oxygen atoms in total. The van der Waals surface area contributed by atoms with Gasteiger partial charge in [-0.1, -0.05) is 12.2 Å². The summed E-state index contributed by atoms with van der Waals surface area (Å²) in [4.78, 5) is 14.9. The van der Waals surface area contributed by atoms with Gasteiger partial charge in [-0.15, -0.1) is 0 Å². The van der Waals surface area contributed by atoms with E-state index in [0.717, 1.165) is 6.42 Å². The highest BCUT2D eigenvalue weighted by Gasteiger charge is 2.05. The Morgan fingerprint density at radius 2 is 2.12 bits per heavy atom. The minimum Gasteiger partial charge on any atom is -0.485 e. The number of aromatic amines is 1. The van der Waals surface area contributed by atoms with Crippen molar-refractivity contribution in [2.75, 3.05) is 0 Å². The Kier molecular flexibility index (Phi) is 4.97. The van der Waals surface area contributed by atoms with Gasteiger partial charge >= 0.3 is 0 Å². The molecule has 0 aromatic carbocycles. The maximum atomic E-state index is 12.0. The zero-order valence-electron chi connectivity index (χ0n) is 10.6. The highest BCUT2D eigenvalue weighted by Crippen LogP contribution is 2.06. The van der Waals surface area contributed by atoms with Gasteiger partial charge in [0.05, 0.1) is 6.10 Å². The van der Waals surface area contributed by atoms with E-state index in [-0.39, 0.29) is 17.6 Å². The molecular weight excluding hydrogens is 216 g/mol. The van der Waals surface area contributed by atoms with E-state index >= 15 is 0 Å². The largest absolute Gasteiger partial charge is 0.485 e. The summed E-state index contributed by atoms with van der Waals surface area (Å²) in [5.41, 5.74) is 6.12. The molecule has 3 N–H and O–H groups in total. The number of ether oxygens (including phenoxy) is 1. The van der Waals surface area contributed by atoms with Crippen LogP contribution in [0.15, 0.2) is 23.3 Å². The van der Waals surface area contributed by atoms with E-state index < -0.39 is 0 Å². The minimum absolute atomic E-state index is 0.0145. The summed E-state index contributed by atoms with van der Waals surface area (Å²) >= 11 is 0. The zero-order valence-corrected chi connectivity index (χ0v) is 10.6. The monoisotopic (exact) mass is 236 g/mol. The van der Waals surface area contributed by atoms with Crippen LogP contribution < -0.4 is 15.9 Å². The Hall–Kier alpha value is -1.55. The molecule has 1 unspecified atom stereocenters. The van der Waals surface area contributed by atoms with Crippen LogP contribution in [0, 0.1) is 0 Å². The topological polar surface area (TPSA) is 68.1 Å². The molecule has 0 aliphatic carbocycles. The highest BCUT2D eigenvalue weighted by molar-refractivity contribution is 5.49. The molecule has 0 aliphatic heterocycles. The molecule has 0 saturated carbocycles. The molecule has 0 spiro atoms. The normalized spacial score (nSPS) is 13.2. The molecular formula is C13H20N2O2. The molecule has 1 rings (SSSR count). The predicted octanol–water partition coefficient (Wildman–Crippen LogP) is 1.91. The zero-order chi connectivity index (χ0) is 12.8. The lowest BCUT2D eigenvalue weighted by molar-refractivity contribution is 0.239. The SMILES string of the molecule is CC(N)CC=Cc1c[nH]cc(OC(C)C)c1=O. The molecule has 0 saturated heterocycles. The second-order valence-corrected chi connectivity index (χ2v) is 4.39. The first-order valence-corrected chi connectivity index (χ1v) is 5.80. The van der Waals surface area contributed by atoms with Crippen molar-refractivity contribution in [2.24, 2.45) is 5.73 Å². The summed E-state index contributed by atoms with van der Waals surface area (Å²) in [5.74, 6) is 0.350. The number of aromatic nitrogens is 1. The average molecular weight is 236 g/mol. The third-order valence-corrected chi connectivity index (χ3v) is 2.11. The van der Waals surface area contributed by atoms with Gasteiger partial charge in [-0.3, -0.25) is 4.79 Å². The van der Waals surface area contributed by atoms with E-state index in [1.807, 2.05) is 26.8 Å². The van der Waals surface area contributed by atoms with Crippen LogP contribution in [-0.4, -0.2) is 17.1 Å². The number of hydrogen-bond acceptors (Lipinski definition) is 3. The molecule has 1 heterocycles. The first-order chi connectivity index (χ1) is 8.00. The van der Waals surface area contributed by atoms with Gasteiger partial charge in [-0.25, -0.2) is 0 Å². The van der Waals surface area contributed by atoms with Crippen molar-refractivity contribution in [3.05, 3.63) is 34.3 Å². The van der Waals surface area contributed by atoms with Gasteiger partial charge in [0.2, 0.25) is 5.43 Å². The third kappa shape index (κ3) is 4.44. The lowest BCUT2D eigenvalue weighted by Crippen LogP contribution is -2.16. The van der Waals surface area contributed by atoms with Gasteiger partial charge in [-0.2, -0.15) is 0 Å². The van der Waals surface area contributed by atoms with Crippen LogP contribution in [0.2, 0.25) is 0 Å². The van der Waals surface area contributed by atoms with Crippen LogP contribution >= 0.6 is 0 Å². The summed E-state index contributed by atoms with van der Waals surface area (Å²) in [6, 6.07) is 0.0976. The Labute approximate surface area is 101 Å². The molecule has 1 atom stereocenters. The molecule has 1 aromatic heterocycles. The van der Waals surface area contributed by atoms with Crippen molar-refractivity contribution in [2.45, 2.75) is 39.3 Å². The molecule has 0 aliphatic rings. The molecule has 0 amide bonds. The molecule has 1 aromatic rings. The highest BCUT2D eigenvalue weighted by atomic mass is 16.5. The van der Waals surface area contributed by atoms with Crippen LogP contribution in [0.4, 0.5) is 0 Å². The summed E-state index contributed by atoms with van der Waals surface area (Å²) in [7, 11) is 0. The lowest BCUT2D eigenvalue weighted by atomic mass is 10.2. The maximum Gasteiger partial charge on any atom is 0.230 e. The molecule has 0 fully saturated rings. The number of nitrogens with one attached hydrogen (secondary N) is 1. The Bertz CT molecular complexity index is 433. The summed E-state index contributed by atoms with van der Waals surface area (Å²) in [6.45, 7) is 5.70. The summed E-state index contributed by atoms with van der Waals surface area (Å²) in [6.07, 6.45) is 7.64. The van der Waals surface area contributed by atoms with Gasteiger partial charge < -0.3 is 15.5 Å². The standard InChI is InChI=1S/C13H20N2O2/c1-9(2)17-12-8-15-7-11(13(12)16)6-4-5-10(3)14/h4,6-10H,5,14H2,1-3H3,(H,15,16). The second-order valence-electron chi connectivity index (χ2n) is 4.39. The molecule has 0 bridgehead atoms. The van der Waals surface area contributed by atoms with Gasteiger partial charge in [0, 0.05) is 24.0 Å². The fourth-order valence-corrected chi connectivity index (χ4v) is 1.36. The molecule has 17 heavy (non-hydrogen) atoms. The Balaban J connectivity index is 2.87. The van der Waals surface area contributed by atoms with Crippen molar-refractivity contribution in [1.82, 2.24) is 4.98 Å². The smallest absolute Gasteiger partial charge is 0.230 e. The van der Waals surface area contributed by atoms with Crippen molar-refractivity contribution in [1.29, 1.82) is 0 Å². The van der Waals surface area contributed by atoms with Gasteiger partial charge in [-0.05, 0) is 27.2 Å².